The van der Waals surface area contributed by atoms with E-state index in [0.29, 0.717) is 5.89 Å². The van der Waals surface area contributed by atoms with Gasteiger partial charge in [0.15, 0.2) is 5.82 Å². The van der Waals surface area contributed by atoms with Crippen molar-refractivity contribution < 1.29 is 24.0 Å². The second-order valence-corrected chi connectivity index (χ2v) is 6.79. The summed E-state index contributed by atoms with van der Waals surface area (Å²) in [7, 11) is 0. The lowest BCUT2D eigenvalue weighted by Gasteiger charge is -2.16. The van der Waals surface area contributed by atoms with Crippen molar-refractivity contribution in [3.05, 3.63) is 71.4 Å². The molecule has 29 heavy (non-hydrogen) atoms. The molecule has 0 radical (unpaired) electrons. The molecule has 148 valence electrons. The maximum absolute atomic E-state index is 12.3. The number of aliphatic carboxylic acids is 1. The molecule has 0 saturated heterocycles. The maximum atomic E-state index is 12.3. The van der Waals surface area contributed by atoms with E-state index < -0.39 is 18.1 Å². The monoisotopic (exact) mass is 393 g/mol. The van der Waals surface area contributed by atoms with Crippen LogP contribution in [-0.4, -0.2) is 40.0 Å². The van der Waals surface area contributed by atoms with Crippen molar-refractivity contribution in [2.24, 2.45) is 0 Å². The number of aryl methyl sites for hydroxylation is 1. The van der Waals surface area contributed by atoms with Gasteiger partial charge in [0.05, 0.1) is 0 Å². The molecule has 0 unspecified atom stereocenters. The van der Waals surface area contributed by atoms with Gasteiger partial charge in [-0.2, -0.15) is 4.98 Å². The molecular formula is C21H19N3O5. The SMILES string of the molecule is Cc1nc(C[C@H](NC(=O)OCC2c3ccccc3-c3ccccc32)C(=O)O)no1. The standard InChI is InChI=1S/C21H19N3O5/c1-12-22-19(24-29-12)10-18(20(25)26)23-21(27)28-11-17-15-8-4-2-6-13(15)14-7-3-5-9-16(14)17/h2-9,17-18H,10-11H2,1H3,(H,23,27)(H,25,26)/t18-/m0/s1. The van der Waals surface area contributed by atoms with E-state index in [4.69, 9.17) is 9.26 Å². The number of amides is 1. The minimum atomic E-state index is -1.22. The molecule has 0 fully saturated rings. The maximum Gasteiger partial charge on any atom is 0.407 e. The van der Waals surface area contributed by atoms with E-state index >= 15 is 0 Å². The number of rotatable bonds is 6. The third-order valence-corrected chi connectivity index (χ3v) is 4.89. The lowest BCUT2D eigenvalue weighted by Crippen LogP contribution is -2.43. The van der Waals surface area contributed by atoms with Crippen LogP contribution in [0.4, 0.5) is 4.79 Å². The molecule has 0 bridgehead atoms. The number of nitrogens with zero attached hydrogens (tertiary/aromatic N) is 2. The fraction of sp³-hybridized carbons (Fsp3) is 0.238. The van der Waals surface area contributed by atoms with E-state index in [-0.39, 0.29) is 24.8 Å². The molecule has 1 aliphatic rings. The highest BCUT2D eigenvalue weighted by Crippen LogP contribution is 2.44. The first kappa shape index (κ1) is 18.7. The highest BCUT2D eigenvalue weighted by atomic mass is 16.5. The first-order valence-electron chi connectivity index (χ1n) is 9.16. The van der Waals surface area contributed by atoms with Crippen LogP contribution >= 0.6 is 0 Å². The summed E-state index contributed by atoms with van der Waals surface area (Å²) in [6.07, 6.45) is -0.906. The normalized spacial score (nSPS) is 13.4. The van der Waals surface area contributed by atoms with E-state index in [1.54, 1.807) is 6.92 Å². The smallest absolute Gasteiger partial charge is 0.407 e. The zero-order valence-electron chi connectivity index (χ0n) is 15.7. The summed E-state index contributed by atoms with van der Waals surface area (Å²) in [6, 6.07) is 14.7. The number of nitrogens with one attached hydrogen (secondary N) is 1. The van der Waals surface area contributed by atoms with Crippen molar-refractivity contribution in [3.8, 4) is 11.1 Å². The summed E-state index contributed by atoms with van der Waals surface area (Å²) >= 11 is 0. The molecule has 1 aromatic heterocycles. The topological polar surface area (TPSA) is 115 Å². The largest absolute Gasteiger partial charge is 0.480 e. The van der Waals surface area contributed by atoms with Crippen LogP contribution in [0.2, 0.25) is 0 Å². The molecule has 2 N–H and O–H groups in total. The lowest BCUT2D eigenvalue weighted by molar-refractivity contribution is -0.139. The predicted molar refractivity (Wildman–Crippen MR) is 102 cm³/mol. The van der Waals surface area contributed by atoms with Gasteiger partial charge < -0.3 is 19.7 Å². The summed E-state index contributed by atoms with van der Waals surface area (Å²) < 4.78 is 10.2. The fourth-order valence-corrected chi connectivity index (χ4v) is 3.59. The average molecular weight is 393 g/mol. The van der Waals surface area contributed by atoms with Gasteiger partial charge in [-0.25, -0.2) is 9.59 Å². The molecule has 1 amide bonds. The molecule has 4 rings (SSSR count). The van der Waals surface area contributed by atoms with Crippen LogP contribution in [-0.2, 0) is 16.0 Å². The van der Waals surface area contributed by atoms with Gasteiger partial charge in [-0.05, 0) is 22.3 Å². The van der Waals surface area contributed by atoms with Crippen LogP contribution in [0, 0.1) is 6.92 Å². The molecule has 2 aromatic carbocycles. The minimum Gasteiger partial charge on any atom is -0.480 e. The highest BCUT2D eigenvalue weighted by Gasteiger charge is 2.30. The molecule has 1 atom stereocenters. The third-order valence-electron chi connectivity index (χ3n) is 4.89. The van der Waals surface area contributed by atoms with Crippen molar-refractivity contribution in [2.45, 2.75) is 25.3 Å². The Bertz CT molecular complexity index is 1020. The van der Waals surface area contributed by atoms with E-state index in [9.17, 15) is 14.7 Å². The van der Waals surface area contributed by atoms with E-state index in [1.165, 1.54) is 0 Å². The molecule has 8 nitrogen and oxygen atoms in total. The molecule has 1 heterocycles. The number of carbonyl (C=O) groups excluding carboxylic acids is 1. The molecule has 8 heteroatoms. The Hall–Kier alpha value is -3.68. The Morgan fingerprint density at radius 3 is 2.31 bits per heavy atom. The second kappa shape index (κ2) is 7.75. The first-order chi connectivity index (χ1) is 14.0. The highest BCUT2D eigenvalue weighted by molar-refractivity contribution is 5.81. The van der Waals surface area contributed by atoms with Gasteiger partial charge in [-0.15, -0.1) is 0 Å². The Labute approximate surface area is 166 Å². The summed E-state index contributed by atoms with van der Waals surface area (Å²) in [5.41, 5.74) is 4.40. The summed E-state index contributed by atoms with van der Waals surface area (Å²) in [5, 5.41) is 15.4. The van der Waals surface area contributed by atoms with Crippen molar-refractivity contribution in [3.63, 3.8) is 0 Å². The van der Waals surface area contributed by atoms with E-state index in [2.05, 4.69) is 15.5 Å². The fourth-order valence-electron chi connectivity index (χ4n) is 3.59. The number of ether oxygens (including phenoxy) is 1. The van der Waals surface area contributed by atoms with Crippen molar-refractivity contribution in [1.29, 1.82) is 0 Å². The average Bonchev–Trinajstić information content (AvgIpc) is 3.27. The third kappa shape index (κ3) is 3.82. The van der Waals surface area contributed by atoms with Gasteiger partial charge in [0, 0.05) is 19.3 Å². The Balaban J connectivity index is 1.43. The number of hydrogen-bond donors (Lipinski definition) is 2. The number of alkyl carbamates (subject to hydrolysis) is 1. The zero-order chi connectivity index (χ0) is 20.4. The van der Waals surface area contributed by atoms with Crippen molar-refractivity contribution in [2.75, 3.05) is 6.61 Å². The van der Waals surface area contributed by atoms with Crippen molar-refractivity contribution in [1.82, 2.24) is 15.5 Å². The van der Waals surface area contributed by atoms with Crippen LogP contribution in [0.15, 0.2) is 53.1 Å². The van der Waals surface area contributed by atoms with Crippen LogP contribution in [0.5, 0.6) is 0 Å². The molecule has 0 saturated carbocycles. The predicted octanol–water partition coefficient (Wildman–Crippen LogP) is 2.91. The minimum absolute atomic E-state index is 0.100. The van der Waals surface area contributed by atoms with Gasteiger partial charge in [-0.3, -0.25) is 0 Å². The van der Waals surface area contributed by atoms with Crippen LogP contribution in [0.3, 0.4) is 0 Å². The second-order valence-electron chi connectivity index (χ2n) is 6.79. The zero-order valence-corrected chi connectivity index (χ0v) is 15.7. The van der Waals surface area contributed by atoms with Gasteiger partial charge in [0.2, 0.25) is 5.89 Å². The number of fused-ring (bicyclic) bond motifs is 3. The molecular weight excluding hydrogens is 374 g/mol. The molecule has 3 aromatic rings. The van der Waals surface area contributed by atoms with Gasteiger partial charge in [0.1, 0.15) is 12.6 Å². The molecule has 1 aliphatic carbocycles. The number of carbonyl (C=O) groups is 2. The number of hydrogen-bond acceptors (Lipinski definition) is 6. The Kier molecular flexibility index (Phi) is 4.99. The summed E-state index contributed by atoms with van der Waals surface area (Å²) in [5.74, 6) is -0.781. The van der Waals surface area contributed by atoms with Crippen LogP contribution < -0.4 is 5.32 Å². The van der Waals surface area contributed by atoms with Gasteiger partial charge in [0.25, 0.3) is 0 Å². The molecule has 0 spiro atoms. The Morgan fingerprint density at radius 2 is 1.76 bits per heavy atom. The van der Waals surface area contributed by atoms with E-state index in [0.717, 1.165) is 22.3 Å². The van der Waals surface area contributed by atoms with Gasteiger partial charge >= 0.3 is 12.1 Å². The van der Waals surface area contributed by atoms with Crippen molar-refractivity contribution >= 4 is 12.1 Å². The first-order valence-corrected chi connectivity index (χ1v) is 9.16. The number of benzene rings is 2. The number of aromatic nitrogens is 2. The lowest BCUT2D eigenvalue weighted by atomic mass is 9.98. The molecule has 0 aliphatic heterocycles. The summed E-state index contributed by atoms with van der Waals surface area (Å²) in [4.78, 5) is 27.7. The quantitative estimate of drug-likeness (QED) is 0.662. The Morgan fingerprint density at radius 1 is 1.14 bits per heavy atom. The summed E-state index contributed by atoms with van der Waals surface area (Å²) in [6.45, 7) is 1.71. The number of carboxylic acids is 1. The van der Waals surface area contributed by atoms with Gasteiger partial charge in [-0.1, -0.05) is 53.7 Å². The van der Waals surface area contributed by atoms with E-state index in [1.807, 2.05) is 48.5 Å². The van der Waals surface area contributed by atoms with Crippen LogP contribution in [0.1, 0.15) is 28.8 Å². The van der Waals surface area contributed by atoms with Crippen LogP contribution in [0.25, 0.3) is 11.1 Å². The number of carboxylic acid groups (broad SMARTS) is 1.